The van der Waals surface area contributed by atoms with E-state index in [1.54, 1.807) is 0 Å². The van der Waals surface area contributed by atoms with Gasteiger partial charge in [-0.2, -0.15) is 0 Å². The van der Waals surface area contributed by atoms with Crippen LogP contribution in [0, 0.1) is 15.9 Å². The molecule has 21 heavy (non-hydrogen) atoms. The third-order valence-electron chi connectivity index (χ3n) is 3.29. The van der Waals surface area contributed by atoms with Crippen LogP contribution in [0.5, 0.6) is 0 Å². The lowest BCUT2D eigenvalue weighted by Gasteiger charge is -2.20. The van der Waals surface area contributed by atoms with Crippen molar-refractivity contribution in [1.82, 2.24) is 0 Å². The van der Waals surface area contributed by atoms with E-state index in [1.807, 2.05) is 37.3 Å². The molecule has 0 radical (unpaired) electrons. The van der Waals surface area contributed by atoms with Gasteiger partial charge in [0.25, 0.3) is 5.69 Å². The number of hydrogen-bond acceptors (Lipinski definition) is 3. The van der Waals surface area contributed by atoms with Gasteiger partial charge in [-0.3, -0.25) is 10.1 Å². The number of rotatable bonds is 6. The fourth-order valence-corrected chi connectivity index (χ4v) is 2.28. The van der Waals surface area contributed by atoms with Crippen molar-refractivity contribution in [3.8, 4) is 0 Å². The molecule has 2 rings (SSSR count). The number of halogens is 1. The minimum atomic E-state index is -0.610. The first-order chi connectivity index (χ1) is 10.1. The van der Waals surface area contributed by atoms with Crippen LogP contribution in [0.3, 0.4) is 0 Å². The van der Waals surface area contributed by atoms with Crippen molar-refractivity contribution in [2.75, 3.05) is 5.32 Å². The van der Waals surface area contributed by atoms with Crippen molar-refractivity contribution in [3.05, 3.63) is 70.0 Å². The summed E-state index contributed by atoms with van der Waals surface area (Å²) in [7, 11) is 0. The zero-order chi connectivity index (χ0) is 15.2. The van der Waals surface area contributed by atoms with Crippen molar-refractivity contribution in [2.45, 2.75) is 25.8 Å². The lowest BCUT2D eigenvalue weighted by atomic mass is 10.0. The maximum Gasteiger partial charge on any atom is 0.295 e. The van der Waals surface area contributed by atoms with Crippen LogP contribution in [-0.4, -0.2) is 4.92 Å². The van der Waals surface area contributed by atoms with Crippen LogP contribution >= 0.6 is 0 Å². The highest BCUT2D eigenvalue weighted by Crippen LogP contribution is 2.32. The fourth-order valence-electron chi connectivity index (χ4n) is 2.28. The second kappa shape index (κ2) is 6.83. The maximum atomic E-state index is 14.0. The van der Waals surface area contributed by atoms with Crippen LogP contribution in [0.15, 0.2) is 48.5 Å². The minimum Gasteiger partial charge on any atom is -0.370 e. The number of nitrogens with one attached hydrogen (secondary N) is 1. The normalized spacial score (nSPS) is 11.9. The number of hydrogen-bond donors (Lipinski definition) is 1. The molecule has 2 aromatic rings. The van der Waals surface area contributed by atoms with E-state index in [0.717, 1.165) is 18.4 Å². The monoisotopic (exact) mass is 288 g/mol. The maximum absolute atomic E-state index is 14.0. The topological polar surface area (TPSA) is 55.2 Å². The largest absolute Gasteiger partial charge is 0.370 e. The molecule has 0 saturated carbocycles. The molecule has 0 aromatic heterocycles. The van der Waals surface area contributed by atoms with Crippen LogP contribution in [0.1, 0.15) is 31.4 Å². The van der Waals surface area contributed by atoms with Crippen LogP contribution < -0.4 is 5.32 Å². The zero-order valence-electron chi connectivity index (χ0n) is 11.8. The van der Waals surface area contributed by atoms with E-state index in [2.05, 4.69) is 5.32 Å². The number of nitrogens with zero attached hydrogens (tertiary/aromatic N) is 1. The number of benzene rings is 2. The van der Waals surface area contributed by atoms with E-state index in [-0.39, 0.29) is 17.4 Å². The SMILES string of the molecule is CCCC(Nc1c(F)cccc1[N+](=O)[O-])c1ccccc1. The highest BCUT2D eigenvalue weighted by molar-refractivity contribution is 5.63. The summed E-state index contributed by atoms with van der Waals surface area (Å²) in [6.45, 7) is 2.02. The number of nitro benzene ring substituents is 1. The molecule has 0 bridgehead atoms. The Hall–Kier alpha value is -2.43. The summed E-state index contributed by atoms with van der Waals surface area (Å²) in [5.74, 6) is -0.610. The second-order valence-corrected chi connectivity index (χ2v) is 4.79. The van der Waals surface area contributed by atoms with Gasteiger partial charge < -0.3 is 5.32 Å². The molecule has 0 heterocycles. The van der Waals surface area contributed by atoms with Crippen molar-refractivity contribution in [3.63, 3.8) is 0 Å². The Morgan fingerprint density at radius 1 is 1.19 bits per heavy atom. The highest BCUT2D eigenvalue weighted by Gasteiger charge is 2.21. The van der Waals surface area contributed by atoms with Crippen LogP contribution in [0.2, 0.25) is 0 Å². The first kappa shape index (κ1) is 15.0. The van der Waals surface area contributed by atoms with Gasteiger partial charge in [0, 0.05) is 6.07 Å². The summed E-state index contributed by atoms with van der Waals surface area (Å²) >= 11 is 0. The molecule has 5 heteroatoms. The van der Waals surface area contributed by atoms with E-state index in [0.29, 0.717) is 0 Å². The predicted molar refractivity (Wildman–Crippen MR) is 80.8 cm³/mol. The Labute approximate surface area is 122 Å². The number of anilines is 1. The van der Waals surface area contributed by atoms with Gasteiger partial charge in [0.1, 0.15) is 5.69 Å². The summed E-state index contributed by atoms with van der Waals surface area (Å²) in [5, 5.41) is 14.0. The van der Waals surface area contributed by atoms with Crippen LogP contribution in [0.25, 0.3) is 0 Å². The average molecular weight is 288 g/mol. The van der Waals surface area contributed by atoms with Crippen molar-refractivity contribution in [2.24, 2.45) is 0 Å². The van der Waals surface area contributed by atoms with Gasteiger partial charge in [0.05, 0.1) is 11.0 Å². The molecule has 0 spiro atoms. The van der Waals surface area contributed by atoms with Crippen LogP contribution in [-0.2, 0) is 0 Å². The quantitative estimate of drug-likeness (QED) is 0.620. The second-order valence-electron chi connectivity index (χ2n) is 4.79. The minimum absolute atomic E-state index is 0.0511. The van der Waals surface area contributed by atoms with Crippen molar-refractivity contribution >= 4 is 11.4 Å². The lowest BCUT2D eigenvalue weighted by molar-refractivity contribution is -0.384. The standard InChI is InChI=1S/C16H17FN2O2/c1-2-7-14(12-8-4-3-5-9-12)18-16-13(17)10-6-11-15(16)19(20)21/h3-6,8-11,14,18H,2,7H2,1H3. The molecule has 0 amide bonds. The predicted octanol–water partition coefficient (Wildman–Crippen LogP) is 4.69. The molecule has 1 unspecified atom stereocenters. The number of para-hydroxylation sites is 1. The highest BCUT2D eigenvalue weighted by atomic mass is 19.1. The molecular weight excluding hydrogens is 271 g/mol. The molecule has 4 nitrogen and oxygen atoms in total. The van der Waals surface area contributed by atoms with Crippen LogP contribution in [0.4, 0.5) is 15.8 Å². The summed E-state index contributed by atoms with van der Waals surface area (Å²) < 4.78 is 14.0. The lowest BCUT2D eigenvalue weighted by Crippen LogP contribution is -2.13. The molecule has 0 aliphatic heterocycles. The first-order valence-electron chi connectivity index (χ1n) is 6.88. The molecule has 0 fully saturated rings. The molecule has 110 valence electrons. The van der Waals surface area contributed by atoms with Gasteiger partial charge in [-0.05, 0) is 18.1 Å². The molecule has 1 atom stereocenters. The van der Waals surface area contributed by atoms with Gasteiger partial charge in [-0.15, -0.1) is 0 Å². The van der Waals surface area contributed by atoms with Gasteiger partial charge in [0.2, 0.25) is 0 Å². The average Bonchev–Trinajstić information content (AvgIpc) is 2.49. The molecule has 1 N–H and O–H groups in total. The first-order valence-corrected chi connectivity index (χ1v) is 6.88. The Morgan fingerprint density at radius 3 is 2.52 bits per heavy atom. The molecule has 0 aliphatic carbocycles. The van der Waals surface area contributed by atoms with Crippen molar-refractivity contribution < 1.29 is 9.31 Å². The number of nitro groups is 1. The molecule has 2 aromatic carbocycles. The van der Waals surface area contributed by atoms with E-state index >= 15 is 0 Å². The van der Waals surface area contributed by atoms with E-state index in [4.69, 9.17) is 0 Å². The molecule has 0 aliphatic rings. The van der Waals surface area contributed by atoms with Gasteiger partial charge in [-0.25, -0.2) is 4.39 Å². The van der Waals surface area contributed by atoms with Gasteiger partial charge in [0.15, 0.2) is 5.82 Å². The van der Waals surface area contributed by atoms with Crippen molar-refractivity contribution in [1.29, 1.82) is 0 Å². The van der Waals surface area contributed by atoms with Gasteiger partial charge >= 0.3 is 0 Å². The summed E-state index contributed by atoms with van der Waals surface area (Å²) in [5.41, 5.74) is 0.689. The molecule has 0 saturated heterocycles. The smallest absolute Gasteiger partial charge is 0.295 e. The summed E-state index contributed by atoms with van der Waals surface area (Å²) in [6.07, 6.45) is 1.64. The Balaban J connectivity index is 2.36. The summed E-state index contributed by atoms with van der Waals surface area (Å²) in [4.78, 5) is 10.5. The zero-order valence-corrected chi connectivity index (χ0v) is 11.8. The molecular formula is C16H17FN2O2. The fraction of sp³-hybridized carbons (Fsp3) is 0.250. The van der Waals surface area contributed by atoms with E-state index in [1.165, 1.54) is 18.2 Å². The third kappa shape index (κ3) is 3.56. The van der Waals surface area contributed by atoms with E-state index < -0.39 is 10.7 Å². The Morgan fingerprint density at radius 2 is 1.90 bits per heavy atom. The summed E-state index contributed by atoms with van der Waals surface area (Å²) in [6, 6.07) is 13.3. The Kier molecular flexibility index (Phi) is 4.87. The third-order valence-corrected chi connectivity index (χ3v) is 3.29. The van der Waals surface area contributed by atoms with E-state index in [9.17, 15) is 14.5 Å². The Bertz CT molecular complexity index is 617. The van der Waals surface area contributed by atoms with Gasteiger partial charge in [-0.1, -0.05) is 49.7 Å².